The van der Waals surface area contributed by atoms with Gasteiger partial charge >= 0.3 is 0 Å². The zero-order chi connectivity index (χ0) is 7.44. The Bertz CT molecular complexity index is 70.2. The molecule has 0 saturated carbocycles. The Kier molecular flexibility index (Phi) is 4.06. The summed E-state index contributed by atoms with van der Waals surface area (Å²) in [5, 5.41) is 0. The standard InChI is InChI=1S/C3H5F4OP/c1-8-9(2(4)5)3(6)7/h2-3H,1H3. The van der Waals surface area contributed by atoms with Gasteiger partial charge in [-0.15, -0.1) is 0 Å². The highest BCUT2D eigenvalue weighted by molar-refractivity contribution is 7.53. The first-order valence-corrected chi connectivity index (χ1v) is 3.38. The number of rotatable bonds is 3. The quantitative estimate of drug-likeness (QED) is 0.459. The van der Waals surface area contributed by atoms with Crippen molar-refractivity contribution in [2.24, 2.45) is 0 Å². The van der Waals surface area contributed by atoms with E-state index in [2.05, 4.69) is 4.52 Å². The molecule has 0 aromatic carbocycles. The zero-order valence-electron chi connectivity index (χ0n) is 4.52. The minimum absolute atomic E-state index is 0.851. The second kappa shape index (κ2) is 4.01. The van der Waals surface area contributed by atoms with Gasteiger partial charge in [-0.2, -0.15) is 0 Å². The molecule has 1 nitrogen and oxygen atoms in total. The van der Waals surface area contributed by atoms with E-state index >= 15 is 0 Å². The Morgan fingerprint density at radius 2 is 1.44 bits per heavy atom. The lowest BCUT2D eigenvalue weighted by atomic mass is 11.6. The van der Waals surface area contributed by atoms with Gasteiger partial charge in [0.25, 0.3) is 12.3 Å². The molecule has 0 unspecified atom stereocenters. The van der Waals surface area contributed by atoms with E-state index < -0.39 is 20.5 Å². The van der Waals surface area contributed by atoms with Gasteiger partial charge in [-0.3, -0.25) is 0 Å². The second-order valence-corrected chi connectivity index (χ2v) is 2.96. The van der Waals surface area contributed by atoms with Crippen LogP contribution in [-0.2, 0) is 4.52 Å². The molecule has 0 saturated heterocycles. The van der Waals surface area contributed by atoms with E-state index in [1.807, 2.05) is 0 Å². The maximum atomic E-state index is 11.4. The summed E-state index contributed by atoms with van der Waals surface area (Å²) in [5.74, 6) is 0. The third-order valence-electron chi connectivity index (χ3n) is 0.596. The van der Waals surface area contributed by atoms with Crippen molar-refractivity contribution in [2.75, 3.05) is 7.11 Å². The summed E-state index contributed by atoms with van der Waals surface area (Å²) in [4.78, 5) is 0. The lowest BCUT2D eigenvalue weighted by Crippen LogP contribution is -1.98. The summed E-state index contributed by atoms with van der Waals surface area (Å²) in [6.07, 6.45) is -6.10. The van der Waals surface area contributed by atoms with Crippen LogP contribution in [0.3, 0.4) is 0 Å². The van der Waals surface area contributed by atoms with Crippen molar-refractivity contribution in [3.8, 4) is 0 Å². The smallest absolute Gasteiger partial charge is 0.285 e. The molecule has 0 amide bonds. The Hall–Kier alpha value is 0.110. The summed E-state index contributed by atoms with van der Waals surface area (Å²) in [6, 6.07) is 0. The van der Waals surface area contributed by atoms with Crippen LogP contribution < -0.4 is 0 Å². The van der Waals surface area contributed by atoms with Crippen molar-refractivity contribution >= 4 is 8.15 Å². The largest absolute Gasteiger partial charge is 0.352 e. The van der Waals surface area contributed by atoms with E-state index in [1.165, 1.54) is 0 Å². The molecule has 0 fully saturated rings. The van der Waals surface area contributed by atoms with Crippen LogP contribution in [0.5, 0.6) is 0 Å². The fourth-order valence-electron chi connectivity index (χ4n) is 0.245. The summed E-state index contributed by atoms with van der Waals surface area (Å²) in [6.45, 7) is 0. The molecule has 0 aliphatic carbocycles. The van der Waals surface area contributed by atoms with Crippen LogP contribution in [0.4, 0.5) is 17.6 Å². The van der Waals surface area contributed by atoms with Gasteiger partial charge < -0.3 is 4.52 Å². The molecule has 0 heterocycles. The predicted octanol–water partition coefficient (Wildman–Crippen LogP) is 2.47. The van der Waals surface area contributed by atoms with Crippen LogP contribution in [0.25, 0.3) is 0 Å². The Balaban J connectivity index is 3.68. The van der Waals surface area contributed by atoms with E-state index in [0.29, 0.717) is 0 Å². The van der Waals surface area contributed by atoms with Crippen LogP contribution in [-0.4, -0.2) is 19.4 Å². The maximum absolute atomic E-state index is 11.4. The van der Waals surface area contributed by atoms with Crippen molar-refractivity contribution in [1.82, 2.24) is 0 Å². The highest BCUT2D eigenvalue weighted by Gasteiger charge is 2.29. The maximum Gasteiger partial charge on any atom is 0.285 e. The molecule has 0 spiro atoms. The van der Waals surface area contributed by atoms with Gasteiger partial charge in [0.05, 0.1) is 0 Å². The number of halogens is 4. The average molecular weight is 164 g/mol. The molecule has 0 rings (SSSR count). The topological polar surface area (TPSA) is 9.23 Å². The van der Waals surface area contributed by atoms with E-state index in [-0.39, 0.29) is 0 Å². The molecule has 56 valence electrons. The van der Waals surface area contributed by atoms with Crippen molar-refractivity contribution < 1.29 is 22.1 Å². The van der Waals surface area contributed by atoms with E-state index in [4.69, 9.17) is 0 Å². The van der Waals surface area contributed by atoms with Crippen LogP contribution in [0, 0.1) is 0 Å². The molecule has 0 radical (unpaired) electrons. The van der Waals surface area contributed by atoms with Crippen LogP contribution in [0.2, 0.25) is 0 Å². The van der Waals surface area contributed by atoms with Crippen molar-refractivity contribution in [3.63, 3.8) is 0 Å². The first-order valence-electron chi connectivity index (χ1n) is 1.98. The van der Waals surface area contributed by atoms with Crippen molar-refractivity contribution in [1.29, 1.82) is 0 Å². The van der Waals surface area contributed by atoms with Gasteiger partial charge in [0.2, 0.25) is 0 Å². The molecule has 0 aliphatic heterocycles. The molecule has 0 N–H and O–H groups in total. The van der Waals surface area contributed by atoms with E-state index in [1.54, 1.807) is 0 Å². The highest BCUT2D eigenvalue weighted by Crippen LogP contribution is 2.49. The Morgan fingerprint density at radius 1 is 1.11 bits per heavy atom. The third-order valence-corrected chi connectivity index (χ3v) is 1.79. The fraction of sp³-hybridized carbons (Fsp3) is 1.00. The van der Waals surface area contributed by atoms with E-state index in [9.17, 15) is 17.6 Å². The minimum Gasteiger partial charge on any atom is -0.352 e. The van der Waals surface area contributed by atoms with Gasteiger partial charge in [-0.25, -0.2) is 17.6 Å². The molecule has 9 heavy (non-hydrogen) atoms. The van der Waals surface area contributed by atoms with Crippen LogP contribution >= 0.6 is 8.15 Å². The predicted molar refractivity (Wildman–Crippen MR) is 25.9 cm³/mol. The van der Waals surface area contributed by atoms with Gasteiger partial charge in [0, 0.05) is 7.11 Å². The molecular formula is C3H5F4OP. The molecular weight excluding hydrogens is 159 g/mol. The second-order valence-electron chi connectivity index (χ2n) is 1.10. The number of hydrogen-bond donors (Lipinski definition) is 0. The molecule has 0 aromatic heterocycles. The zero-order valence-corrected chi connectivity index (χ0v) is 5.42. The summed E-state index contributed by atoms with van der Waals surface area (Å²) in [5.41, 5.74) is 0. The average Bonchev–Trinajstić information content (AvgIpc) is 1.64. The first-order chi connectivity index (χ1) is 4.09. The van der Waals surface area contributed by atoms with Gasteiger partial charge in [-0.1, -0.05) is 0 Å². The summed E-state index contributed by atoms with van der Waals surface area (Å²) < 4.78 is 49.3. The fourth-order valence-corrected chi connectivity index (χ4v) is 0.734. The number of hydrogen-bond acceptors (Lipinski definition) is 1. The molecule has 0 atom stereocenters. The monoisotopic (exact) mass is 164 g/mol. The lowest BCUT2D eigenvalue weighted by Gasteiger charge is -2.10. The van der Waals surface area contributed by atoms with E-state index in [0.717, 1.165) is 7.11 Å². The van der Waals surface area contributed by atoms with Gasteiger partial charge in [-0.05, 0) is 0 Å². The van der Waals surface area contributed by atoms with Gasteiger partial charge in [0.15, 0.2) is 8.15 Å². The SMILES string of the molecule is COP(C(F)F)C(F)F. The normalized spacial score (nSPS) is 12.0. The summed E-state index contributed by atoms with van der Waals surface area (Å²) in [7, 11) is -1.99. The van der Waals surface area contributed by atoms with Crippen molar-refractivity contribution in [3.05, 3.63) is 0 Å². The minimum atomic E-state index is -3.05. The number of alkyl halides is 4. The third kappa shape index (κ3) is 2.96. The Morgan fingerprint density at radius 3 is 1.44 bits per heavy atom. The van der Waals surface area contributed by atoms with Crippen molar-refractivity contribution in [2.45, 2.75) is 12.3 Å². The molecule has 0 bridgehead atoms. The first kappa shape index (κ1) is 9.11. The molecule has 0 aliphatic rings. The van der Waals surface area contributed by atoms with Gasteiger partial charge in [0.1, 0.15) is 0 Å². The molecule has 6 heteroatoms. The summed E-state index contributed by atoms with van der Waals surface area (Å²) >= 11 is 0. The van der Waals surface area contributed by atoms with Crippen LogP contribution in [0.1, 0.15) is 0 Å². The van der Waals surface area contributed by atoms with Crippen LogP contribution in [0.15, 0.2) is 0 Å². The highest BCUT2D eigenvalue weighted by atomic mass is 31.1. The Labute approximate surface area is 50.8 Å². The lowest BCUT2D eigenvalue weighted by molar-refractivity contribution is 0.176. The molecule has 0 aromatic rings.